The molecule has 0 aliphatic carbocycles. The molecule has 7 aromatic rings. The highest BCUT2D eigenvalue weighted by Gasteiger charge is 2.19. The maximum atomic E-state index is 5.50. The third-order valence-corrected chi connectivity index (χ3v) is 9.81. The molecular weight excluding hydrogens is 637 g/mol. The molecule has 4 heteroatoms. The van der Waals surface area contributed by atoms with Gasteiger partial charge in [0.25, 0.3) is 0 Å². The molecule has 0 aromatic heterocycles. The molecule has 7 rings (SSSR count). The van der Waals surface area contributed by atoms with Gasteiger partial charge in [-0.1, -0.05) is 84.9 Å². The summed E-state index contributed by atoms with van der Waals surface area (Å²) >= 11 is 0. The largest absolute Gasteiger partial charge is 0.497 e. The van der Waals surface area contributed by atoms with E-state index < -0.39 is 0 Å². The fourth-order valence-corrected chi connectivity index (χ4v) is 6.92. The quantitative estimate of drug-likeness (QED) is 0.144. The lowest BCUT2D eigenvalue weighted by Crippen LogP contribution is -2.12. The third-order valence-electron chi connectivity index (χ3n) is 9.81. The predicted octanol–water partition coefficient (Wildman–Crippen LogP) is 13.2. The van der Waals surface area contributed by atoms with Crippen LogP contribution in [0.3, 0.4) is 0 Å². The van der Waals surface area contributed by atoms with Crippen LogP contribution in [0.5, 0.6) is 11.5 Å². The minimum absolute atomic E-state index is 0.855. The Morgan fingerprint density at radius 1 is 0.327 bits per heavy atom. The molecule has 52 heavy (non-hydrogen) atoms. The zero-order valence-corrected chi connectivity index (χ0v) is 30.7. The number of anilines is 6. The first-order chi connectivity index (χ1) is 25.3. The van der Waals surface area contributed by atoms with Gasteiger partial charge >= 0.3 is 0 Å². The molecule has 0 bridgehead atoms. The van der Waals surface area contributed by atoms with Crippen LogP contribution in [0.25, 0.3) is 22.3 Å². The molecule has 0 fully saturated rings. The molecule has 0 unspecified atom stereocenters. The first kappa shape index (κ1) is 34.2. The fourth-order valence-electron chi connectivity index (χ4n) is 6.92. The van der Waals surface area contributed by atoms with Crippen molar-refractivity contribution in [3.63, 3.8) is 0 Å². The maximum absolute atomic E-state index is 5.50. The van der Waals surface area contributed by atoms with Crippen LogP contribution in [-0.2, 0) is 0 Å². The Hall–Kier alpha value is -6.26. The second-order valence-corrected chi connectivity index (χ2v) is 13.2. The zero-order chi connectivity index (χ0) is 36.2. The molecule has 0 N–H and O–H groups in total. The van der Waals surface area contributed by atoms with E-state index in [1.165, 1.54) is 33.4 Å². The molecule has 258 valence electrons. The van der Waals surface area contributed by atoms with Crippen molar-refractivity contribution in [1.82, 2.24) is 0 Å². The molecule has 0 aliphatic heterocycles. The minimum Gasteiger partial charge on any atom is -0.497 e. The van der Waals surface area contributed by atoms with E-state index in [9.17, 15) is 0 Å². The first-order valence-corrected chi connectivity index (χ1v) is 17.7. The predicted molar refractivity (Wildman–Crippen MR) is 219 cm³/mol. The molecule has 0 aliphatic rings. The summed E-state index contributed by atoms with van der Waals surface area (Å²) in [5.74, 6) is 1.71. The topological polar surface area (TPSA) is 24.9 Å². The maximum Gasteiger partial charge on any atom is 0.119 e. The monoisotopic (exact) mass is 680 g/mol. The molecule has 0 atom stereocenters. The second kappa shape index (κ2) is 14.9. The molecular formula is C48H44N2O2. The Morgan fingerprint density at radius 2 is 0.635 bits per heavy atom. The van der Waals surface area contributed by atoms with Crippen molar-refractivity contribution in [3.8, 4) is 33.8 Å². The van der Waals surface area contributed by atoms with Crippen molar-refractivity contribution in [1.29, 1.82) is 0 Å². The van der Waals surface area contributed by atoms with Crippen LogP contribution in [-0.4, -0.2) is 14.2 Å². The molecule has 4 nitrogen and oxygen atoms in total. The van der Waals surface area contributed by atoms with Gasteiger partial charge in [0.2, 0.25) is 0 Å². The van der Waals surface area contributed by atoms with Crippen LogP contribution in [0.15, 0.2) is 158 Å². The Bertz CT molecular complexity index is 2140. The summed E-state index contributed by atoms with van der Waals surface area (Å²) in [6.07, 6.45) is 0. The average molecular weight is 681 g/mol. The number of hydrogen-bond donors (Lipinski definition) is 0. The van der Waals surface area contributed by atoms with Gasteiger partial charge in [-0.15, -0.1) is 0 Å². The summed E-state index contributed by atoms with van der Waals surface area (Å²) in [5.41, 5.74) is 16.2. The molecule has 7 aromatic carbocycles. The highest BCUT2D eigenvalue weighted by molar-refractivity contribution is 5.83. The number of nitrogens with zero attached hydrogens (tertiary/aromatic N) is 2. The number of hydrogen-bond acceptors (Lipinski definition) is 4. The summed E-state index contributed by atoms with van der Waals surface area (Å²) in [6.45, 7) is 8.59. The number of ether oxygens (including phenoxy) is 2. The van der Waals surface area contributed by atoms with E-state index in [1.54, 1.807) is 14.2 Å². The van der Waals surface area contributed by atoms with Gasteiger partial charge in [0.1, 0.15) is 11.5 Å². The van der Waals surface area contributed by atoms with Gasteiger partial charge in [-0.25, -0.2) is 0 Å². The van der Waals surface area contributed by atoms with E-state index in [2.05, 4.69) is 183 Å². The van der Waals surface area contributed by atoms with Crippen molar-refractivity contribution in [2.75, 3.05) is 24.0 Å². The van der Waals surface area contributed by atoms with Gasteiger partial charge in [0.05, 0.1) is 14.2 Å². The van der Waals surface area contributed by atoms with Gasteiger partial charge in [0.15, 0.2) is 0 Å². The molecule has 0 spiro atoms. The van der Waals surface area contributed by atoms with Crippen LogP contribution in [0.2, 0.25) is 0 Å². The van der Waals surface area contributed by atoms with Crippen molar-refractivity contribution < 1.29 is 9.47 Å². The summed E-state index contributed by atoms with van der Waals surface area (Å²) in [5, 5.41) is 0. The lowest BCUT2D eigenvalue weighted by atomic mass is 9.99. The molecule has 0 saturated carbocycles. The lowest BCUT2D eigenvalue weighted by molar-refractivity contribution is 0.414. The SMILES string of the molecule is COc1ccc(N(c2ccc(-c3ccc(-c4ccc(N(c5ccccc5C)c5ccc(OC)cc5C)cc4)cc3)cc2)c2ccccc2C)c(C)c1. The molecule has 0 amide bonds. The van der Waals surface area contributed by atoms with Gasteiger partial charge in [-0.2, -0.15) is 0 Å². The molecule has 0 saturated heterocycles. The number of para-hydroxylation sites is 2. The van der Waals surface area contributed by atoms with Gasteiger partial charge in [-0.3, -0.25) is 0 Å². The van der Waals surface area contributed by atoms with Crippen LogP contribution in [0, 0.1) is 27.7 Å². The van der Waals surface area contributed by atoms with Crippen LogP contribution < -0.4 is 19.3 Å². The third kappa shape index (κ3) is 6.88. The Labute approximate surface area is 308 Å². The smallest absolute Gasteiger partial charge is 0.119 e. The van der Waals surface area contributed by atoms with E-state index in [4.69, 9.17) is 9.47 Å². The first-order valence-electron chi connectivity index (χ1n) is 17.7. The Morgan fingerprint density at radius 3 is 0.942 bits per heavy atom. The minimum atomic E-state index is 0.855. The fraction of sp³-hybridized carbons (Fsp3) is 0.125. The van der Waals surface area contributed by atoms with Gasteiger partial charge in [0, 0.05) is 34.1 Å². The normalized spacial score (nSPS) is 10.9. The van der Waals surface area contributed by atoms with E-state index >= 15 is 0 Å². The summed E-state index contributed by atoms with van der Waals surface area (Å²) in [4.78, 5) is 4.66. The van der Waals surface area contributed by atoms with E-state index in [0.29, 0.717) is 0 Å². The number of aryl methyl sites for hydroxylation is 4. The van der Waals surface area contributed by atoms with Crippen LogP contribution in [0.1, 0.15) is 22.3 Å². The Kier molecular flexibility index (Phi) is 9.81. The van der Waals surface area contributed by atoms with Crippen LogP contribution in [0.4, 0.5) is 34.1 Å². The summed E-state index contributed by atoms with van der Waals surface area (Å²) < 4.78 is 11.0. The summed E-state index contributed by atoms with van der Waals surface area (Å²) in [6, 6.07) is 56.1. The lowest BCUT2D eigenvalue weighted by Gasteiger charge is -2.29. The number of rotatable bonds is 10. The second-order valence-electron chi connectivity index (χ2n) is 13.2. The van der Waals surface area contributed by atoms with Crippen molar-refractivity contribution >= 4 is 34.1 Å². The van der Waals surface area contributed by atoms with Crippen molar-refractivity contribution in [2.45, 2.75) is 27.7 Å². The van der Waals surface area contributed by atoms with Gasteiger partial charge in [-0.05, 0) is 145 Å². The van der Waals surface area contributed by atoms with Crippen molar-refractivity contribution in [2.24, 2.45) is 0 Å². The highest BCUT2D eigenvalue weighted by Crippen LogP contribution is 2.42. The van der Waals surface area contributed by atoms with E-state index in [-0.39, 0.29) is 0 Å². The average Bonchev–Trinajstić information content (AvgIpc) is 3.18. The summed E-state index contributed by atoms with van der Waals surface area (Å²) in [7, 11) is 3.42. The number of methoxy groups -OCH3 is 2. The highest BCUT2D eigenvalue weighted by atomic mass is 16.5. The van der Waals surface area contributed by atoms with Gasteiger partial charge < -0.3 is 19.3 Å². The Balaban J connectivity index is 1.16. The number of benzene rings is 7. The molecule has 0 radical (unpaired) electrons. The zero-order valence-electron chi connectivity index (χ0n) is 30.7. The standard InChI is InChI=1S/C48H44N2O2/c1-33-11-7-9-13-45(33)49(47-29-27-43(51-5)31-35(47)3)41-23-19-39(20-24-41)37-15-17-38(18-16-37)40-21-25-42(26-22-40)50(46-14-10-8-12-34(46)2)48-30-28-44(52-6)32-36(48)4/h7-32H,1-6H3. The van der Waals surface area contributed by atoms with Crippen LogP contribution >= 0.6 is 0 Å². The molecule has 0 heterocycles. The van der Waals surface area contributed by atoms with E-state index in [0.717, 1.165) is 56.8 Å². The van der Waals surface area contributed by atoms with Crippen molar-refractivity contribution in [3.05, 3.63) is 180 Å². The van der Waals surface area contributed by atoms with E-state index in [1.807, 2.05) is 12.1 Å².